The summed E-state index contributed by atoms with van der Waals surface area (Å²) in [6.07, 6.45) is 1.03. The van der Waals surface area contributed by atoms with Gasteiger partial charge in [0.05, 0.1) is 13.2 Å². The predicted octanol–water partition coefficient (Wildman–Crippen LogP) is 2.52. The molecule has 0 aliphatic rings. The molecular weight excluding hydrogens is 320 g/mol. The molecule has 4 nitrogen and oxygen atoms in total. The lowest BCUT2D eigenvalue weighted by atomic mass is 10.2. The fraction of sp³-hybridized carbons (Fsp3) is 0.600. The zero-order valence-electron chi connectivity index (χ0n) is 12.6. The van der Waals surface area contributed by atoms with Crippen molar-refractivity contribution in [3.63, 3.8) is 0 Å². The van der Waals surface area contributed by atoms with Crippen LogP contribution in [0.1, 0.15) is 12.0 Å². The van der Waals surface area contributed by atoms with Crippen LogP contribution in [0.5, 0.6) is 5.75 Å². The summed E-state index contributed by atoms with van der Waals surface area (Å²) in [5.41, 5.74) is 1.17. The molecule has 0 unspecified atom stereocenters. The Morgan fingerprint density at radius 3 is 2.75 bits per heavy atom. The lowest BCUT2D eigenvalue weighted by Gasteiger charge is -2.14. The molecule has 114 valence electrons. The molecule has 0 fully saturated rings. The fourth-order valence-electron chi connectivity index (χ4n) is 1.79. The van der Waals surface area contributed by atoms with Gasteiger partial charge in [0.15, 0.2) is 0 Å². The van der Waals surface area contributed by atoms with Gasteiger partial charge in [0.2, 0.25) is 0 Å². The number of hydrogen-bond acceptors (Lipinski definition) is 4. The van der Waals surface area contributed by atoms with E-state index in [0.29, 0.717) is 6.61 Å². The van der Waals surface area contributed by atoms with Crippen LogP contribution in [0.4, 0.5) is 0 Å². The SMILES string of the molecule is COCCNCc1cc(Br)ccc1OCCCN(C)C. The Kier molecular flexibility index (Phi) is 8.85. The van der Waals surface area contributed by atoms with Crippen LogP contribution >= 0.6 is 15.9 Å². The molecule has 0 spiro atoms. The van der Waals surface area contributed by atoms with E-state index in [4.69, 9.17) is 9.47 Å². The number of benzene rings is 1. The second kappa shape index (κ2) is 10.2. The number of nitrogens with zero attached hydrogens (tertiary/aromatic N) is 1. The second-order valence-corrected chi connectivity index (χ2v) is 5.84. The lowest BCUT2D eigenvalue weighted by Crippen LogP contribution is -2.19. The molecule has 0 heterocycles. The summed E-state index contributed by atoms with van der Waals surface area (Å²) in [4.78, 5) is 2.16. The molecule has 0 aliphatic heterocycles. The first-order valence-corrected chi connectivity index (χ1v) is 7.68. The van der Waals surface area contributed by atoms with E-state index in [-0.39, 0.29) is 0 Å². The van der Waals surface area contributed by atoms with Crippen molar-refractivity contribution in [2.24, 2.45) is 0 Å². The van der Waals surface area contributed by atoms with Crippen molar-refractivity contribution in [2.75, 3.05) is 47.5 Å². The van der Waals surface area contributed by atoms with Crippen LogP contribution in [0.15, 0.2) is 22.7 Å². The molecule has 0 aliphatic carbocycles. The monoisotopic (exact) mass is 344 g/mol. The smallest absolute Gasteiger partial charge is 0.123 e. The number of hydrogen-bond donors (Lipinski definition) is 1. The van der Waals surface area contributed by atoms with Gasteiger partial charge in [-0.3, -0.25) is 0 Å². The molecule has 0 saturated heterocycles. The summed E-state index contributed by atoms with van der Waals surface area (Å²) in [5, 5.41) is 3.34. The predicted molar refractivity (Wildman–Crippen MR) is 86.4 cm³/mol. The molecule has 1 aromatic carbocycles. The maximum absolute atomic E-state index is 5.88. The van der Waals surface area contributed by atoms with E-state index in [1.165, 1.54) is 5.56 Å². The van der Waals surface area contributed by atoms with Gasteiger partial charge in [-0.1, -0.05) is 15.9 Å². The Hall–Kier alpha value is -0.620. The van der Waals surface area contributed by atoms with Crippen molar-refractivity contribution in [1.29, 1.82) is 0 Å². The third kappa shape index (κ3) is 7.24. The Morgan fingerprint density at radius 1 is 1.25 bits per heavy atom. The van der Waals surface area contributed by atoms with Gasteiger partial charge in [0.25, 0.3) is 0 Å². The summed E-state index contributed by atoms with van der Waals surface area (Å²) < 4.78 is 12.0. The van der Waals surface area contributed by atoms with Crippen molar-refractivity contribution in [2.45, 2.75) is 13.0 Å². The minimum absolute atomic E-state index is 0.715. The van der Waals surface area contributed by atoms with Gasteiger partial charge in [0, 0.05) is 36.8 Å². The number of halogens is 1. The van der Waals surface area contributed by atoms with Gasteiger partial charge in [-0.05, 0) is 38.7 Å². The number of ether oxygens (including phenoxy) is 2. The van der Waals surface area contributed by atoms with Crippen molar-refractivity contribution in [1.82, 2.24) is 10.2 Å². The van der Waals surface area contributed by atoms with Crippen molar-refractivity contribution in [3.8, 4) is 5.75 Å². The molecule has 20 heavy (non-hydrogen) atoms. The molecule has 1 rings (SSSR count). The van der Waals surface area contributed by atoms with Crippen LogP contribution in [0.25, 0.3) is 0 Å². The van der Waals surface area contributed by atoms with Crippen molar-refractivity contribution < 1.29 is 9.47 Å². The Balaban J connectivity index is 2.47. The molecule has 0 aromatic heterocycles. The molecule has 5 heteroatoms. The molecule has 1 N–H and O–H groups in total. The molecule has 0 bridgehead atoms. The van der Waals surface area contributed by atoms with Crippen LogP contribution in [-0.2, 0) is 11.3 Å². The van der Waals surface area contributed by atoms with Crippen LogP contribution < -0.4 is 10.1 Å². The van der Waals surface area contributed by atoms with Gasteiger partial charge >= 0.3 is 0 Å². The summed E-state index contributed by atoms with van der Waals surface area (Å²) in [6, 6.07) is 6.13. The van der Waals surface area contributed by atoms with Crippen molar-refractivity contribution >= 4 is 15.9 Å². The molecule has 0 radical (unpaired) electrons. The highest BCUT2D eigenvalue weighted by molar-refractivity contribution is 9.10. The highest BCUT2D eigenvalue weighted by atomic mass is 79.9. The van der Waals surface area contributed by atoms with Crippen LogP contribution in [-0.4, -0.2) is 52.4 Å². The summed E-state index contributed by atoms with van der Waals surface area (Å²) in [5.74, 6) is 0.955. The Bertz CT molecular complexity index is 386. The highest BCUT2D eigenvalue weighted by Crippen LogP contribution is 2.23. The average Bonchev–Trinajstić information content (AvgIpc) is 2.41. The van der Waals surface area contributed by atoms with E-state index >= 15 is 0 Å². The lowest BCUT2D eigenvalue weighted by molar-refractivity contribution is 0.199. The van der Waals surface area contributed by atoms with Gasteiger partial charge in [-0.25, -0.2) is 0 Å². The molecule has 0 saturated carbocycles. The molecule has 1 aromatic rings. The summed E-state index contributed by atoms with van der Waals surface area (Å²) >= 11 is 3.51. The van der Waals surface area contributed by atoms with E-state index in [0.717, 1.165) is 42.9 Å². The third-order valence-electron chi connectivity index (χ3n) is 2.83. The molecule has 0 amide bonds. The van der Waals surface area contributed by atoms with E-state index in [1.54, 1.807) is 7.11 Å². The summed E-state index contributed by atoms with van der Waals surface area (Å²) in [7, 11) is 5.86. The number of rotatable bonds is 10. The highest BCUT2D eigenvalue weighted by Gasteiger charge is 2.04. The first-order chi connectivity index (χ1) is 9.63. The third-order valence-corrected chi connectivity index (χ3v) is 3.32. The maximum Gasteiger partial charge on any atom is 0.123 e. The fourth-order valence-corrected chi connectivity index (χ4v) is 2.20. The number of nitrogens with one attached hydrogen (secondary N) is 1. The molecule has 0 atom stereocenters. The minimum atomic E-state index is 0.715. The van der Waals surface area contributed by atoms with E-state index in [1.807, 2.05) is 12.1 Å². The Labute approximate surface area is 130 Å². The van der Waals surface area contributed by atoms with Crippen LogP contribution in [0.3, 0.4) is 0 Å². The Morgan fingerprint density at radius 2 is 2.05 bits per heavy atom. The summed E-state index contributed by atoms with van der Waals surface area (Å²) in [6.45, 7) is 4.12. The zero-order chi connectivity index (χ0) is 14.8. The van der Waals surface area contributed by atoms with E-state index in [2.05, 4.69) is 46.3 Å². The number of methoxy groups -OCH3 is 1. The van der Waals surface area contributed by atoms with E-state index < -0.39 is 0 Å². The second-order valence-electron chi connectivity index (χ2n) is 4.93. The zero-order valence-corrected chi connectivity index (χ0v) is 14.2. The van der Waals surface area contributed by atoms with Crippen LogP contribution in [0, 0.1) is 0 Å². The van der Waals surface area contributed by atoms with E-state index in [9.17, 15) is 0 Å². The molecular formula is C15H25BrN2O2. The largest absolute Gasteiger partial charge is 0.493 e. The standard InChI is InChI=1S/C15H25BrN2O2/c1-18(2)8-4-9-20-15-6-5-14(16)11-13(15)12-17-7-10-19-3/h5-6,11,17H,4,7-10,12H2,1-3H3. The topological polar surface area (TPSA) is 33.7 Å². The van der Waals surface area contributed by atoms with Gasteiger partial charge in [0.1, 0.15) is 5.75 Å². The van der Waals surface area contributed by atoms with Gasteiger partial charge in [-0.15, -0.1) is 0 Å². The average molecular weight is 345 g/mol. The minimum Gasteiger partial charge on any atom is -0.493 e. The van der Waals surface area contributed by atoms with Crippen LogP contribution in [0.2, 0.25) is 0 Å². The first-order valence-electron chi connectivity index (χ1n) is 6.89. The van der Waals surface area contributed by atoms with Crippen molar-refractivity contribution in [3.05, 3.63) is 28.2 Å². The van der Waals surface area contributed by atoms with Gasteiger partial charge in [-0.2, -0.15) is 0 Å². The first kappa shape index (κ1) is 17.4. The maximum atomic E-state index is 5.88. The van der Waals surface area contributed by atoms with Gasteiger partial charge < -0.3 is 19.7 Å². The normalized spacial score (nSPS) is 11.1. The quantitative estimate of drug-likeness (QED) is 0.661.